The Morgan fingerprint density at radius 3 is 2.15 bits per heavy atom. The number of hydrogen-bond donors (Lipinski definition) is 4. The van der Waals surface area contributed by atoms with Crippen molar-refractivity contribution in [1.82, 2.24) is 4.98 Å². The molecule has 1 aromatic carbocycles. The number of allylic oxidation sites excluding steroid dienone is 1. The highest BCUT2D eigenvalue weighted by Gasteiger charge is 2.21. The lowest BCUT2D eigenvalue weighted by Gasteiger charge is -2.22. The van der Waals surface area contributed by atoms with Crippen LogP contribution in [0.4, 0.5) is 5.69 Å². The van der Waals surface area contributed by atoms with Crippen LogP contribution in [0.3, 0.4) is 0 Å². The fourth-order valence-electron chi connectivity index (χ4n) is 3.76. The Hall–Kier alpha value is -2.77. The van der Waals surface area contributed by atoms with E-state index in [0.717, 1.165) is 73.2 Å². The molecule has 1 fully saturated rings. The van der Waals surface area contributed by atoms with Crippen LogP contribution in [-0.2, 0) is 22.3 Å². The van der Waals surface area contributed by atoms with Crippen molar-refractivity contribution < 1.29 is 9.47 Å². The maximum atomic E-state index is 7.69. The van der Waals surface area contributed by atoms with E-state index in [0.29, 0.717) is 11.3 Å². The lowest BCUT2D eigenvalue weighted by molar-refractivity contribution is 0.198. The topological polar surface area (TPSA) is 131 Å². The fourth-order valence-corrected chi connectivity index (χ4v) is 3.76. The zero-order valence-electron chi connectivity index (χ0n) is 20.7. The molecular weight excluding hydrogens is 414 g/mol. The van der Waals surface area contributed by atoms with E-state index in [1.807, 2.05) is 26.8 Å². The molecule has 7 nitrogen and oxygen atoms in total. The van der Waals surface area contributed by atoms with Gasteiger partial charge in [0.15, 0.2) is 0 Å². The Labute approximate surface area is 198 Å². The average molecular weight is 456 g/mol. The second kappa shape index (κ2) is 15.9. The first-order chi connectivity index (χ1) is 16.1. The molecule has 1 saturated heterocycles. The molecule has 2 aliphatic rings. The van der Waals surface area contributed by atoms with Gasteiger partial charge in [0.25, 0.3) is 0 Å². The highest BCUT2D eigenvalue weighted by atomic mass is 16.5. The second-order valence-electron chi connectivity index (χ2n) is 7.39. The van der Waals surface area contributed by atoms with E-state index in [9.17, 15) is 0 Å². The van der Waals surface area contributed by atoms with Crippen LogP contribution in [0.15, 0.2) is 18.3 Å². The summed E-state index contributed by atoms with van der Waals surface area (Å²) in [5.41, 5.74) is 17.6. The smallest absolute Gasteiger partial charge is 0.0774 e. The Morgan fingerprint density at radius 2 is 1.70 bits per heavy atom. The Balaban J connectivity index is 0.000000412. The molecule has 1 aliphatic heterocycles. The van der Waals surface area contributed by atoms with Crippen LogP contribution in [0.5, 0.6) is 0 Å². The van der Waals surface area contributed by atoms with Crippen molar-refractivity contribution in [2.24, 2.45) is 5.73 Å². The van der Waals surface area contributed by atoms with Crippen LogP contribution in [-0.4, -0.2) is 44.3 Å². The van der Waals surface area contributed by atoms with Gasteiger partial charge in [-0.15, -0.1) is 0 Å². The molecule has 6 N–H and O–H groups in total. The van der Waals surface area contributed by atoms with Gasteiger partial charge in [0.2, 0.25) is 0 Å². The molecule has 0 amide bonds. The molecule has 182 valence electrons. The van der Waals surface area contributed by atoms with Crippen molar-refractivity contribution in [2.45, 2.75) is 59.3 Å². The Morgan fingerprint density at radius 1 is 1.09 bits per heavy atom. The number of nitrogens with one attached hydrogen (secondary N) is 2. The van der Waals surface area contributed by atoms with Crippen LogP contribution in [0, 0.1) is 10.8 Å². The van der Waals surface area contributed by atoms with Crippen molar-refractivity contribution in [3.8, 4) is 0 Å². The summed E-state index contributed by atoms with van der Waals surface area (Å²) < 4.78 is 9.49. The molecule has 0 atom stereocenters. The third-order valence-electron chi connectivity index (χ3n) is 5.41. The van der Waals surface area contributed by atoms with Crippen molar-refractivity contribution in [2.75, 3.05) is 32.7 Å². The molecule has 7 heteroatoms. The number of fused-ring (bicyclic) bond motifs is 3. The molecular formula is C26H41N5O2. The summed E-state index contributed by atoms with van der Waals surface area (Å²) in [6, 6.07) is 3.67. The number of methoxy groups -OCH3 is 1. The molecule has 0 spiro atoms. The van der Waals surface area contributed by atoms with Gasteiger partial charge < -0.3 is 31.8 Å². The van der Waals surface area contributed by atoms with E-state index in [2.05, 4.69) is 4.74 Å². The number of nitrogens with two attached hydrogens (primary N) is 2. The fraction of sp³-hybridized carbons (Fsp3) is 0.500. The summed E-state index contributed by atoms with van der Waals surface area (Å²) >= 11 is 0. The van der Waals surface area contributed by atoms with Crippen LogP contribution in [0.2, 0.25) is 0 Å². The molecule has 2 heterocycles. The zero-order valence-corrected chi connectivity index (χ0v) is 20.7. The van der Waals surface area contributed by atoms with Gasteiger partial charge in [-0.05, 0) is 68.7 Å². The third kappa shape index (κ3) is 7.65. The van der Waals surface area contributed by atoms with Crippen LogP contribution < -0.4 is 11.5 Å². The first-order valence-electron chi connectivity index (χ1n) is 11.9. The average Bonchev–Trinajstić information content (AvgIpc) is 3.47. The Bertz CT molecular complexity index is 911. The third-order valence-corrected chi connectivity index (χ3v) is 5.41. The molecule has 33 heavy (non-hydrogen) atoms. The standard InChI is InChI=1S/C17H19N5.C4H8O.C3H8O.C2H6/c18-7-10(8-19)17-12-4-2-1-3-11(12)16-13(9-20)14(21)5-6-15(16)22-17;1-2-4-5-3-1;1-3-4-2;1-2/h5-9,18,20H,1-4,19,21H2;1-4H2;3H2,1-2H3;1-2H3/b10-8+,18-7?,20-9?;;;. The summed E-state index contributed by atoms with van der Waals surface area (Å²) in [5.74, 6) is 0. The number of ether oxygens (including phenoxy) is 2. The zero-order chi connectivity index (χ0) is 24.6. The lowest BCUT2D eigenvalue weighted by atomic mass is 9.85. The second-order valence-corrected chi connectivity index (χ2v) is 7.39. The molecule has 0 radical (unpaired) electrons. The van der Waals surface area contributed by atoms with E-state index in [1.165, 1.54) is 37.0 Å². The summed E-state index contributed by atoms with van der Waals surface area (Å²) in [7, 11) is 1.68. The van der Waals surface area contributed by atoms with Crippen LogP contribution >= 0.6 is 0 Å². The van der Waals surface area contributed by atoms with Crippen molar-refractivity contribution in [1.29, 1.82) is 10.8 Å². The van der Waals surface area contributed by atoms with E-state index >= 15 is 0 Å². The first-order valence-corrected chi connectivity index (χ1v) is 11.9. The highest BCUT2D eigenvalue weighted by Crippen LogP contribution is 2.35. The molecule has 1 aromatic heterocycles. The summed E-state index contributed by atoms with van der Waals surface area (Å²) in [6.45, 7) is 8.78. The number of anilines is 1. The van der Waals surface area contributed by atoms with E-state index in [4.69, 9.17) is 32.0 Å². The first kappa shape index (κ1) is 28.3. The largest absolute Gasteiger partial charge is 0.404 e. The number of nitrogen functional groups attached to an aromatic ring is 1. The normalized spacial score (nSPS) is 14.5. The molecule has 4 rings (SSSR count). The molecule has 0 saturated carbocycles. The summed E-state index contributed by atoms with van der Waals surface area (Å²) in [4.78, 5) is 4.72. The minimum Gasteiger partial charge on any atom is -0.404 e. The predicted octanol–water partition coefficient (Wildman–Crippen LogP) is 5.12. The number of pyridine rings is 1. The van der Waals surface area contributed by atoms with Crippen LogP contribution in [0.1, 0.15) is 68.8 Å². The Kier molecular flexibility index (Phi) is 13.7. The number of nitrogens with zero attached hydrogens (tertiary/aromatic N) is 1. The maximum Gasteiger partial charge on any atom is 0.0774 e. The van der Waals surface area contributed by atoms with Gasteiger partial charge in [0, 0.05) is 67.8 Å². The minimum absolute atomic E-state index is 0.603. The summed E-state index contributed by atoms with van der Waals surface area (Å²) in [6.07, 6.45) is 10.6. The van der Waals surface area contributed by atoms with Crippen molar-refractivity contribution in [3.63, 3.8) is 0 Å². The van der Waals surface area contributed by atoms with Crippen molar-refractivity contribution >= 4 is 34.6 Å². The van der Waals surface area contributed by atoms with Crippen LogP contribution in [0.25, 0.3) is 16.5 Å². The highest BCUT2D eigenvalue weighted by molar-refractivity contribution is 6.10. The predicted molar refractivity (Wildman–Crippen MR) is 141 cm³/mol. The van der Waals surface area contributed by atoms with Gasteiger partial charge in [-0.2, -0.15) is 0 Å². The van der Waals surface area contributed by atoms with E-state index < -0.39 is 0 Å². The maximum absolute atomic E-state index is 7.69. The SMILES string of the molecule is C1CCOC1.CC.CCOC.N=C/C(=C\N)c1nc2ccc(N)c(C=N)c2c2c1CCCC2. The van der Waals surface area contributed by atoms with Gasteiger partial charge in [-0.1, -0.05) is 13.8 Å². The van der Waals surface area contributed by atoms with E-state index in [1.54, 1.807) is 13.2 Å². The monoisotopic (exact) mass is 455 g/mol. The molecule has 2 aromatic rings. The quantitative estimate of drug-likeness (QED) is 0.375. The van der Waals surface area contributed by atoms with Gasteiger partial charge in [-0.3, -0.25) is 0 Å². The lowest BCUT2D eigenvalue weighted by Crippen LogP contribution is -2.12. The van der Waals surface area contributed by atoms with E-state index in [-0.39, 0.29) is 0 Å². The number of aromatic nitrogens is 1. The molecule has 1 aliphatic carbocycles. The van der Waals surface area contributed by atoms with Gasteiger partial charge >= 0.3 is 0 Å². The molecule has 0 unspecified atom stereocenters. The van der Waals surface area contributed by atoms with Gasteiger partial charge in [-0.25, -0.2) is 4.98 Å². The van der Waals surface area contributed by atoms with Gasteiger partial charge in [0.1, 0.15) is 0 Å². The van der Waals surface area contributed by atoms with Gasteiger partial charge in [0.05, 0.1) is 11.2 Å². The number of benzene rings is 1. The molecule has 0 bridgehead atoms. The number of hydrogen-bond acceptors (Lipinski definition) is 7. The number of aryl methyl sites for hydroxylation is 1. The summed E-state index contributed by atoms with van der Waals surface area (Å²) in [5, 5.41) is 16.2. The number of rotatable bonds is 4. The van der Waals surface area contributed by atoms with Crippen molar-refractivity contribution in [3.05, 3.63) is 40.7 Å². The minimum atomic E-state index is 0.603.